The van der Waals surface area contributed by atoms with Crippen molar-refractivity contribution in [2.24, 2.45) is 0 Å². The molecule has 2 heteroatoms. The van der Waals surface area contributed by atoms with Crippen molar-refractivity contribution in [1.82, 2.24) is 4.98 Å². The Morgan fingerprint density at radius 2 is 1.87 bits per heavy atom. The van der Waals surface area contributed by atoms with Crippen LogP contribution in [0.1, 0.15) is 33.6 Å². The Balaban J connectivity index is 2.40. The first-order chi connectivity index (χ1) is 7.16. The second-order valence-electron chi connectivity index (χ2n) is 4.38. The van der Waals surface area contributed by atoms with Crippen molar-refractivity contribution in [2.75, 3.05) is 0 Å². The summed E-state index contributed by atoms with van der Waals surface area (Å²) < 4.78 is 0. The molecule has 0 fully saturated rings. The van der Waals surface area contributed by atoms with Crippen molar-refractivity contribution < 1.29 is 4.79 Å². The molecule has 0 aliphatic heterocycles. The van der Waals surface area contributed by atoms with E-state index in [9.17, 15) is 4.79 Å². The molecule has 1 aromatic carbocycles. The maximum absolute atomic E-state index is 11.6. The molecule has 76 valence electrons. The molecule has 15 heavy (non-hydrogen) atoms. The largest absolute Gasteiger partial charge is 0.352 e. The Morgan fingerprint density at radius 1 is 1.13 bits per heavy atom. The number of benzene rings is 1. The molecule has 1 heterocycles. The molecular formula is C13H13NO. The topological polar surface area (TPSA) is 32.9 Å². The molecule has 0 unspecified atom stereocenters. The van der Waals surface area contributed by atoms with Crippen LogP contribution in [0.5, 0.6) is 0 Å². The second-order valence-corrected chi connectivity index (χ2v) is 4.38. The maximum Gasteiger partial charge on any atom is 0.179 e. The van der Waals surface area contributed by atoms with Crippen molar-refractivity contribution >= 4 is 16.7 Å². The van der Waals surface area contributed by atoms with E-state index in [1.54, 1.807) is 0 Å². The van der Waals surface area contributed by atoms with Crippen LogP contribution in [0.25, 0.3) is 10.9 Å². The summed E-state index contributed by atoms with van der Waals surface area (Å²) in [6, 6.07) is 4.33. The standard InChI is InChI=1S/C13H13NO/c1-7-5-10-9-3-4-12(15)13(9)14-11(10)6-8(7)2/h5-6,14H,3-4H2,1-2H3. The van der Waals surface area contributed by atoms with E-state index in [1.165, 1.54) is 22.1 Å². The molecule has 1 aliphatic rings. The number of H-pyrrole nitrogens is 1. The third kappa shape index (κ3) is 1.08. The minimum atomic E-state index is 0.261. The van der Waals surface area contributed by atoms with Crippen molar-refractivity contribution in [2.45, 2.75) is 26.7 Å². The Morgan fingerprint density at radius 3 is 2.67 bits per heavy atom. The summed E-state index contributed by atoms with van der Waals surface area (Å²) in [6.07, 6.45) is 1.57. The molecule has 0 atom stereocenters. The zero-order valence-electron chi connectivity index (χ0n) is 8.98. The predicted octanol–water partition coefficient (Wildman–Crippen LogP) is 2.91. The molecule has 0 saturated heterocycles. The summed E-state index contributed by atoms with van der Waals surface area (Å²) in [6.45, 7) is 4.22. The Kier molecular flexibility index (Phi) is 1.58. The van der Waals surface area contributed by atoms with Crippen LogP contribution < -0.4 is 0 Å². The minimum Gasteiger partial charge on any atom is -0.352 e. The highest BCUT2D eigenvalue weighted by Crippen LogP contribution is 2.31. The zero-order valence-corrected chi connectivity index (χ0v) is 8.98. The van der Waals surface area contributed by atoms with Crippen molar-refractivity contribution in [3.8, 4) is 0 Å². The maximum atomic E-state index is 11.6. The molecule has 0 saturated carbocycles. The van der Waals surface area contributed by atoms with Crippen LogP contribution in [-0.4, -0.2) is 10.8 Å². The molecule has 0 radical (unpaired) electrons. The molecular weight excluding hydrogens is 186 g/mol. The summed E-state index contributed by atoms with van der Waals surface area (Å²) in [5.74, 6) is 0.261. The van der Waals surface area contributed by atoms with Gasteiger partial charge in [0.1, 0.15) is 0 Å². The third-order valence-corrected chi connectivity index (χ3v) is 3.40. The number of carbonyl (C=O) groups excluding carboxylic acids is 1. The number of aromatic nitrogens is 1. The highest BCUT2D eigenvalue weighted by Gasteiger charge is 2.24. The van der Waals surface area contributed by atoms with Gasteiger partial charge in [0.15, 0.2) is 5.78 Å². The highest BCUT2D eigenvalue weighted by molar-refractivity contribution is 6.05. The number of Topliss-reactive ketones (excluding diaryl/α,β-unsaturated/α-hetero) is 1. The SMILES string of the molecule is Cc1cc2[nH]c3c(c2cc1C)CCC3=O. The normalized spacial score (nSPS) is 14.9. The summed E-state index contributed by atoms with van der Waals surface area (Å²) in [5, 5.41) is 1.24. The number of aromatic amines is 1. The van der Waals surface area contributed by atoms with Gasteiger partial charge in [0.05, 0.1) is 5.69 Å². The quantitative estimate of drug-likeness (QED) is 0.695. The van der Waals surface area contributed by atoms with Crippen LogP contribution in [0.15, 0.2) is 12.1 Å². The molecule has 2 aromatic rings. The average Bonchev–Trinajstić information content (AvgIpc) is 2.70. The fourth-order valence-corrected chi connectivity index (χ4v) is 2.38. The lowest BCUT2D eigenvalue weighted by molar-refractivity contribution is 0.0991. The molecule has 3 rings (SSSR count). The van der Waals surface area contributed by atoms with Crippen LogP contribution in [-0.2, 0) is 6.42 Å². The van der Waals surface area contributed by atoms with Crippen molar-refractivity contribution in [3.63, 3.8) is 0 Å². The van der Waals surface area contributed by atoms with Gasteiger partial charge in [-0.3, -0.25) is 4.79 Å². The zero-order chi connectivity index (χ0) is 10.6. The fourth-order valence-electron chi connectivity index (χ4n) is 2.38. The van der Waals surface area contributed by atoms with Crippen LogP contribution >= 0.6 is 0 Å². The Bertz CT molecular complexity index is 578. The number of aryl methyl sites for hydroxylation is 3. The summed E-state index contributed by atoms with van der Waals surface area (Å²) >= 11 is 0. The van der Waals surface area contributed by atoms with E-state index in [0.29, 0.717) is 6.42 Å². The van der Waals surface area contributed by atoms with E-state index >= 15 is 0 Å². The molecule has 1 N–H and O–H groups in total. The predicted molar refractivity (Wildman–Crippen MR) is 60.4 cm³/mol. The van der Waals surface area contributed by atoms with Crippen molar-refractivity contribution in [1.29, 1.82) is 0 Å². The molecule has 1 aliphatic carbocycles. The van der Waals surface area contributed by atoms with Gasteiger partial charge in [-0.25, -0.2) is 0 Å². The lowest BCUT2D eigenvalue weighted by atomic mass is 10.0. The van der Waals surface area contributed by atoms with Gasteiger partial charge in [-0.1, -0.05) is 0 Å². The van der Waals surface area contributed by atoms with E-state index < -0.39 is 0 Å². The van der Waals surface area contributed by atoms with Crippen LogP contribution in [0.4, 0.5) is 0 Å². The first-order valence-electron chi connectivity index (χ1n) is 5.32. The first-order valence-corrected chi connectivity index (χ1v) is 5.32. The summed E-state index contributed by atoms with van der Waals surface area (Å²) in [7, 11) is 0. The molecule has 1 aromatic heterocycles. The summed E-state index contributed by atoms with van der Waals surface area (Å²) in [5.41, 5.74) is 5.74. The van der Waals surface area contributed by atoms with E-state index in [4.69, 9.17) is 0 Å². The van der Waals surface area contributed by atoms with Gasteiger partial charge in [0, 0.05) is 17.3 Å². The monoisotopic (exact) mass is 199 g/mol. The number of rotatable bonds is 0. The van der Waals surface area contributed by atoms with Gasteiger partial charge >= 0.3 is 0 Å². The number of nitrogens with one attached hydrogen (secondary N) is 1. The number of fused-ring (bicyclic) bond motifs is 3. The van der Waals surface area contributed by atoms with Gasteiger partial charge in [-0.2, -0.15) is 0 Å². The number of hydrogen-bond acceptors (Lipinski definition) is 1. The van der Waals surface area contributed by atoms with Gasteiger partial charge < -0.3 is 4.98 Å². The van der Waals surface area contributed by atoms with E-state index in [1.807, 2.05) is 0 Å². The fraction of sp³-hybridized carbons (Fsp3) is 0.308. The van der Waals surface area contributed by atoms with Crippen LogP contribution in [0.2, 0.25) is 0 Å². The molecule has 0 amide bonds. The summed E-state index contributed by atoms with van der Waals surface area (Å²) in [4.78, 5) is 14.8. The molecule has 2 nitrogen and oxygen atoms in total. The Labute approximate surface area is 88.3 Å². The first kappa shape index (κ1) is 8.72. The smallest absolute Gasteiger partial charge is 0.179 e. The third-order valence-electron chi connectivity index (χ3n) is 3.40. The minimum absolute atomic E-state index is 0.261. The van der Waals surface area contributed by atoms with Gasteiger partial charge in [-0.05, 0) is 49.1 Å². The molecule has 0 spiro atoms. The van der Waals surface area contributed by atoms with Crippen molar-refractivity contribution in [3.05, 3.63) is 34.5 Å². The van der Waals surface area contributed by atoms with E-state index in [-0.39, 0.29) is 5.78 Å². The van der Waals surface area contributed by atoms with Crippen LogP contribution in [0.3, 0.4) is 0 Å². The lowest BCUT2D eigenvalue weighted by Gasteiger charge is -2.00. The number of hydrogen-bond donors (Lipinski definition) is 1. The number of carbonyl (C=O) groups is 1. The number of ketones is 1. The van der Waals surface area contributed by atoms with Gasteiger partial charge in [0.25, 0.3) is 0 Å². The van der Waals surface area contributed by atoms with Gasteiger partial charge in [0.2, 0.25) is 0 Å². The highest BCUT2D eigenvalue weighted by atomic mass is 16.1. The molecule has 0 bridgehead atoms. The average molecular weight is 199 g/mol. The van der Waals surface area contributed by atoms with Crippen LogP contribution in [0, 0.1) is 13.8 Å². The van der Waals surface area contributed by atoms with Gasteiger partial charge in [-0.15, -0.1) is 0 Å². The second kappa shape index (κ2) is 2.72. The van der Waals surface area contributed by atoms with E-state index in [0.717, 1.165) is 17.6 Å². The van der Waals surface area contributed by atoms with E-state index in [2.05, 4.69) is 31.0 Å². The Hall–Kier alpha value is -1.57. The lowest BCUT2D eigenvalue weighted by Crippen LogP contribution is -1.91.